The molecule has 0 saturated carbocycles. The number of amides is 3. The number of halogens is 1. The number of nitrogens with zero attached hydrogens (tertiary/aromatic N) is 1. The maximum atomic E-state index is 13.1. The van der Waals surface area contributed by atoms with Gasteiger partial charge in [0, 0.05) is 35.4 Å². The molecule has 4 rings (SSSR count). The van der Waals surface area contributed by atoms with Crippen LogP contribution in [-0.4, -0.2) is 53.3 Å². The second kappa shape index (κ2) is 8.59. The minimum Gasteiger partial charge on any atom is -0.353 e. The predicted molar refractivity (Wildman–Crippen MR) is 114 cm³/mol. The number of carbonyl (C=O) groups excluding carboxylic acids is 3. The largest absolute Gasteiger partial charge is 0.353 e. The number of aromatic amines is 1. The molecule has 1 aliphatic rings. The summed E-state index contributed by atoms with van der Waals surface area (Å²) >= 11 is 6.02. The van der Waals surface area contributed by atoms with Gasteiger partial charge in [0.05, 0.1) is 6.54 Å². The Labute approximate surface area is 178 Å². The summed E-state index contributed by atoms with van der Waals surface area (Å²) in [5, 5.41) is 6.94. The zero-order valence-electron chi connectivity index (χ0n) is 16.2. The van der Waals surface area contributed by atoms with Crippen LogP contribution in [0.25, 0.3) is 10.9 Å². The summed E-state index contributed by atoms with van der Waals surface area (Å²) in [6.45, 7) is 0.806. The molecule has 0 spiro atoms. The first-order chi connectivity index (χ1) is 14.5. The number of aromatic nitrogens is 1. The third-order valence-electron chi connectivity index (χ3n) is 5.06. The lowest BCUT2D eigenvalue weighted by molar-refractivity contribution is -0.139. The van der Waals surface area contributed by atoms with Crippen LogP contribution in [0.3, 0.4) is 0 Å². The second-order valence-corrected chi connectivity index (χ2v) is 7.68. The first-order valence-electron chi connectivity index (χ1n) is 9.68. The molecule has 0 radical (unpaired) electrons. The number of hydrogen-bond acceptors (Lipinski definition) is 3. The third kappa shape index (κ3) is 4.46. The van der Waals surface area contributed by atoms with Gasteiger partial charge in [0.2, 0.25) is 11.8 Å². The van der Waals surface area contributed by atoms with Gasteiger partial charge < -0.3 is 20.5 Å². The molecule has 30 heavy (non-hydrogen) atoms. The van der Waals surface area contributed by atoms with Gasteiger partial charge in [-0.2, -0.15) is 0 Å². The Morgan fingerprint density at radius 1 is 1.13 bits per heavy atom. The summed E-state index contributed by atoms with van der Waals surface area (Å²) < 4.78 is 0. The van der Waals surface area contributed by atoms with Crippen molar-refractivity contribution in [3.63, 3.8) is 0 Å². The second-order valence-electron chi connectivity index (χ2n) is 7.24. The van der Waals surface area contributed by atoms with Gasteiger partial charge in [-0.15, -0.1) is 0 Å². The van der Waals surface area contributed by atoms with Crippen LogP contribution >= 0.6 is 11.6 Å². The van der Waals surface area contributed by atoms with E-state index in [0.717, 1.165) is 16.5 Å². The lowest BCUT2D eigenvalue weighted by atomic mass is 10.0. The number of hydrogen-bond donors (Lipinski definition) is 3. The van der Waals surface area contributed by atoms with Gasteiger partial charge in [0.25, 0.3) is 5.91 Å². The fraction of sp³-hybridized carbons (Fsp3) is 0.227. The van der Waals surface area contributed by atoms with Crippen molar-refractivity contribution in [1.82, 2.24) is 20.5 Å². The van der Waals surface area contributed by atoms with Crippen molar-refractivity contribution in [2.75, 3.05) is 19.6 Å². The minimum absolute atomic E-state index is 0.00905. The van der Waals surface area contributed by atoms with Gasteiger partial charge in [-0.3, -0.25) is 14.4 Å². The van der Waals surface area contributed by atoms with E-state index >= 15 is 0 Å². The van der Waals surface area contributed by atoms with E-state index in [1.807, 2.05) is 30.3 Å². The zero-order chi connectivity index (χ0) is 21.1. The number of piperazine rings is 1. The average Bonchev–Trinajstić information content (AvgIpc) is 3.17. The van der Waals surface area contributed by atoms with Gasteiger partial charge in [0.15, 0.2) is 0 Å². The predicted octanol–water partition coefficient (Wildman–Crippen LogP) is 2.12. The molecule has 1 fully saturated rings. The van der Waals surface area contributed by atoms with Crippen molar-refractivity contribution >= 4 is 40.2 Å². The van der Waals surface area contributed by atoms with Crippen molar-refractivity contribution in [1.29, 1.82) is 0 Å². The molecule has 3 amide bonds. The van der Waals surface area contributed by atoms with E-state index < -0.39 is 11.9 Å². The molecule has 0 bridgehead atoms. The number of rotatable bonds is 5. The first kappa shape index (κ1) is 20.0. The summed E-state index contributed by atoms with van der Waals surface area (Å²) in [6, 6.07) is 15.7. The molecule has 3 aromatic rings. The van der Waals surface area contributed by atoms with Crippen LogP contribution in [0.2, 0.25) is 5.02 Å². The molecular weight excluding hydrogens is 404 g/mol. The molecule has 1 aromatic heterocycles. The fourth-order valence-electron chi connectivity index (χ4n) is 3.56. The van der Waals surface area contributed by atoms with Crippen molar-refractivity contribution in [3.05, 3.63) is 70.9 Å². The highest BCUT2D eigenvalue weighted by Crippen LogP contribution is 2.20. The SMILES string of the molecule is O=C1CN(C(=O)[C@H](Cc2ccccc2)NC(=O)c2cc3cc(Cl)ccc3[nH]2)CCN1. The monoisotopic (exact) mass is 424 g/mol. The molecule has 1 atom stereocenters. The number of benzene rings is 2. The van der Waals surface area contributed by atoms with Crippen molar-refractivity contribution in [2.45, 2.75) is 12.5 Å². The summed E-state index contributed by atoms with van der Waals surface area (Å²) in [7, 11) is 0. The minimum atomic E-state index is -0.791. The number of carbonyl (C=O) groups is 3. The highest BCUT2D eigenvalue weighted by atomic mass is 35.5. The van der Waals surface area contributed by atoms with Crippen LogP contribution in [0.15, 0.2) is 54.6 Å². The molecule has 8 heteroatoms. The lowest BCUT2D eigenvalue weighted by Gasteiger charge is -2.30. The molecule has 2 aromatic carbocycles. The van der Waals surface area contributed by atoms with Crippen molar-refractivity contribution < 1.29 is 14.4 Å². The van der Waals surface area contributed by atoms with E-state index in [1.165, 1.54) is 4.90 Å². The van der Waals surface area contributed by atoms with Crippen LogP contribution in [-0.2, 0) is 16.0 Å². The van der Waals surface area contributed by atoms with E-state index in [2.05, 4.69) is 15.6 Å². The van der Waals surface area contributed by atoms with E-state index in [4.69, 9.17) is 11.6 Å². The van der Waals surface area contributed by atoms with E-state index in [1.54, 1.807) is 24.3 Å². The molecule has 0 unspecified atom stereocenters. The summed E-state index contributed by atoms with van der Waals surface area (Å²) in [4.78, 5) is 42.3. The average molecular weight is 425 g/mol. The zero-order valence-corrected chi connectivity index (χ0v) is 16.9. The van der Waals surface area contributed by atoms with E-state index in [0.29, 0.717) is 30.2 Å². The Bertz CT molecular complexity index is 1100. The van der Waals surface area contributed by atoms with Crippen LogP contribution in [0.1, 0.15) is 16.1 Å². The Morgan fingerprint density at radius 2 is 1.93 bits per heavy atom. The maximum absolute atomic E-state index is 13.1. The fourth-order valence-corrected chi connectivity index (χ4v) is 3.74. The quantitative estimate of drug-likeness (QED) is 0.585. The Hall–Kier alpha value is -3.32. The number of H-pyrrole nitrogens is 1. The highest BCUT2D eigenvalue weighted by Gasteiger charge is 2.30. The van der Waals surface area contributed by atoms with Crippen LogP contribution in [0.4, 0.5) is 0 Å². The number of fused-ring (bicyclic) bond motifs is 1. The standard InChI is InChI=1S/C22H21ClN4O3/c23-16-6-7-17-15(11-16)12-18(25-17)21(29)26-19(10-14-4-2-1-3-5-14)22(30)27-9-8-24-20(28)13-27/h1-7,11-12,19,25H,8-10,13H2,(H,24,28)(H,26,29)/t19-/m0/s1. The van der Waals surface area contributed by atoms with Gasteiger partial charge in [0.1, 0.15) is 11.7 Å². The lowest BCUT2D eigenvalue weighted by Crippen LogP contribution is -2.56. The van der Waals surface area contributed by atoms with Crippen LogP contribution in [0.5, 0.6) is 0 Å². The molecule has 1 aliphatic heterocycles. The summed E-state index contributed by atoms with van der Waals surface area (Å²) in [5.74, 6) is -0.869. The molecule has 7 nitrogen and oxygen atoms in total. The molecule has 3 N–H and O–H groups in total. The van der Waals surface area contributed by atoms with E-state index in [9.17, 15) is 14.4 Å². The number of nitrogens with one attached hydrogen (secondary N) is 3. The summed E-state index contributed by atoms with van der Waals surface area (Å²) in [5.41, 5.74) is 2.04. The topological polar surface area (TPSA) is 94.3 Å². The Morgan fingerprint density at radius 3 is 2.70 bits per heavy atom. The maximum Gasteiger partial charge on any atom is 0.268 e. The van der Waals surface area contributed by atoms with Crippen LogP contribution < -0.4 is 10.6 Å². The smallest absolute Gasteiger partial charge is 0.268 e. The third-order valence-corrected chi connectivity index (χ3v) is 5.30. The van der Waals surface area contributed by atoms with E-state index in [-0.39, 0.29) is 18.4 Å². The Kier molecular flexibility index (Phi) is 5.72. The normalized spacial score (nSPS) is 15.0. The summed E-state index contributed by atoms with van der Waals surface area (Å²) in [6.07, 6.45) is 0.329. The first-order valence-corrected chi connectivity index (χ1v) is 10.1. The van der Waals surface area contributed by atoms with Gasteiger partial charge in [-0.1, -0.05) is 41.9 Å². The Balaban J connectivity index is 1.56. The van der Waals surface area contributed by atoms with Gasteiger partial charge in [-0.25, -0.2) is 0 Å². The molecular formula is C22H21ClN4O3. The van der Waals surface area contributed by atoms with Crippen molar-refractivity contribution in [3.8, 4) is 0 Å². The highest BCUT2D eigenvalue weighted by molar-refractivity contribution is 6.31. The van der Waals surface area contributed by atoms with Gasteiger partial charge >= 0.3 is 0 Å². The van der Waals surface area contributed by atoms with Crippen molar-refractivity contribution in [2.24, 2.45) is 0 Å². The molecule has 2 heterocycles. The molecule has 1 saturated heterocycles. The molecule has 154 valence electrons. The van der Waals surface area contributed by atoms with Crippen LogP contribution in [0, 0.1) is 0 Å². The van der Waals surface area contributed by atoms with Gasteiger partial charge in [-0.05, 0) is 29.8 Å². The molecule has 0 aliphatic carbocycles.